The Bertz CT molecular complexity index is 1120. The number of rotatable bonds is 6. The SMILES string of the molecule is CCOc1ccccc1C(=O)Nc1ccccc1-c1nc(-c2ccccc2)no1. The molecule has 0 radical (unpaired) electrons. The smallest absolute Gasteiger partial charge is 0.260 e. The summed E-state index contributed by atoms with van der Waals surface area (Å²) in [5.74, 6) is 1.08. The second-order valence-corrected chi connectivity index (χ2v) is 6.22. The first-order chi connectivity index (χ1) is 14.3. The van der Waals surface area contributed by atoms with Gasteiger partial charge in [-0.15, -0.1) is 0 Å². The largest absolute Gasteiger partial charge is 0.493 e. The Labute approximate surface area is 168 Å². The van der Waals surface area contributed by atoms with E-state index in [2.05, 4.69) is 15.5 Å². The topological polar surface area (TPSA) is 77.2 Å². The number of carbonyl (C=O) groups is 1. The molecule has 4 rings (SSSR count). The molecule has 0 spiro atoms. The van der Waals surface area contributed by atoms with Crippen molar-refractivity contribution in [2.45, 2.75) is 6.92 Å². The summed E-state index contributed by atoms with van der Waals surface area (Å²) in [6, 6.07) is 24.0. The minimum atomic E-state index is -0.274. The summed E-state index contributed by atoms with van der Waals surface area (Å²) in [5.41, 5.74) is 2.53. The number of ether oxygens (including phenoxy) is 1. The Kier molecular flexibility index (Phi) is 5.33. The molecular formula is C23H19N3O3. The van der Waals surface area contributed by atoms with Crippen LogP contribution in [0, 0.1) is 0 Å². The van der Waals surface area contributed by atoms with Crippen LogP contribution in [-0.4, -0.2) is 22.7 Å². The minimum Gasteiger partial charge on any atom is -0.493 e. The van der Waals surface area contributed by atoms with Gasteiger partial charge in [0.25, 0.3) is 11.8 Å². The number of hydrogen-bond acceptors (Lipinski definition) is 5. The van der Waals surface area contributed by atoms with Gasteiger partial charge in [-0.3, -0.25) is 4.79 Å². The van der Waals surface area contributed by atoms with E-state index in [1.165, 1.54) is 0 Å². The van der Waals surface area contributed by atoms with Crippen molar-refractivity contribution in [2.24, 2.45) is 0 Å². The van der Waals surface area contributed by atoms with E-state index < -0.39 is 0 Å². The first-order valence-corrected chi connectivity index (χ1v) is 9.28. The fourth-order valence-electron chi connectivity index (χ4n) is 2.94. The molecule has 144 valence electrons. The van der Waals surface area contributed by atoms with Gasteiger partial charge in [0, 0.05) is 5.56 Å². The second-order valence-electron chi connectivity index (χ2n) is 6.22. The molecule has 0 aliphatic rings. The number of hydrogen-bond donors (Lipinski definition) is 1. The van der Waals surface area contributed by atoms with E-state index in [4.69, 9.17) is 9.26 Å². The molecule has 0 fully saturated rings. The maximum Gasteiger partial charge on any atom is 0.260 e. The summed E-state index contributed by atoms with van der Waals surface area (Å²) < 4.78 is 11.0. The fourth-order valence-corrected chi connectivity index (χ4v) is 2.94. The Morgan fingerprint density at radius 2 is 1.69 bits per heavy atom. The van der Waals surface area contributed by atoms with Crippen molar-refractivity contribution < 1.29 is 14.1 Å². The molecule has 0 aliphatic heterocycles. The van der Waals surface area contributed by atoms with E-state index >= 15 is 0 Å². The number of amides is 1. The van der Waals surface area contributed by atoms with Gasteiger partial charge in [-0.2, -0.15) is 4.98 Å². The molecular weight excluding hydrogens is 366 g/mol. The van der Waals surface area contributed by atoms with Crippen molar-refractivity contribution in [1.82, 2.24) is 10.1 Å². The summed E-state index contributed by atoms with van der Waals surface area (Å²) in [6.45, 7) is 2.36. The summed E-state index contributed by atoms with van der Waals surface area (Å²) in [6.07, 6.45) is 0. The van der Waals surface area contributed by atoms with Crippen molar-refractivity contribution in [3.63, 3.8) is 0 Å². The monoisotopic (exact) mass is 385 g/mol. The van der Waals surface area contributed by atoms with Gasteiger partial charge in [0.15, 0.2) is 0 Å². The van der Waals surface area contributed by atoms with Gasteiger partial charge in [-0.05, 0) is 31.2 Å². The van der Waals surface area contributed by atoms with Crippen LogP contribution < -0.4 is 10.1 Å². The predicted molar refractivity (Wildman–Crippen MR) is 111 cm³/mol. The third-order valence-corrected chi connectivity index (χ3v) is 4.30. The third kappa shape index (κ3) is 4.01. The van der Waals surface area contributed by atoms with E-state index in [0.29, 0.717) is 40.9 Å². The molecule has 0 saturated heterocycles. The predicted octanol–water partition coefficient (Wildman–Crippen LogP) is 5.05. The van der Waals surface area contributed by atoms with Crippen LogP contribution in [-0.2, 0) is 0 Å². The molecule has 1 amide bonds. The average Bonchev–Trinajstić information content (AvgIpc) is 3.25. The third-order valence-electron chi connectivity index (χ3n) is 4.30. The number of benzene rings is 3. The molecule has 4 aromatic rings. The second kappa shape index (κ2) is 8.39. The normalized spacial score (nSPS) is 10.5. The van der Waals surface area contributed by atoms with Gasteiger partial charge in [0.2, 0.25) is 5.82 Å². The standard InChI is InChI=1S/C23H19N3O3/c1-2-28-20-15-9-7-13-18(20)22(27)24-19-14-8-6-12-17(19)23-25-21(26-29-23)16-10-4-3-5-11-16/h3-15H,2H2,1H3,(H,24,27). The highest BCUT2D eigenvalue weighted by molar-refractivity contribution is 6.07. The molecule has 3 aromatic carbocycles. The van der Waals surface area contributed by atoms with Gasteiger partial charge < -0.3 is 14.6 Å². The number of nitrogens with one attached hydrogen (secondary N) is 1. The van der Waals surface area contributed by atoms with Crippen LogP contribution in [0.25, 0.3) is 22.8 Å². The lowest BCUT2D eigenvalue weighted by molar-refractivity contribution is 0.102. The summed E-state index contributed by atoms with van der Waals surface area (Å²) in [7, 11) is 0. The zero-order chi connectivity index (χ0) is 20.1. The van der Waals surface area contributed by atoms with Crippen molar-refractivity contribution in [3.05, 3.63) is 84.4 Å². The number of para-hydroxylation sites is 2. The van der Waals surface area contributed by atoms with Gasteiger partial charge in [-0.25, -0.2) is 0 Å². The number of aromatic nitrogens is 2. The van der Waals surface area contributed by atoms with Crippen molar-refractivity contribution in [1.29, 1.82) is 0 Å². The number of anilines is 1. The van der Waals surface area contributed by atoms with E-state index in [1.807, 2.05) is 61.5 Å². The van der Waals surface area contributed by atoms with Crippen LogP contribution in [0.2, 0.25) is 0 Å². The molecule has 0 bridgehead atoms. The van der Waals surface area contributed by atoms with Gasteiger partial charge >= 0.3 is 0 Å². The summed E-state index contributed by atoms with van der Waals surface area (Å²) >= 11 is 0. The van der Waals surface area contributed by atoms with Crippen molar-refractivity contribution in [2.75, 3.05) is 11.9 Å². The molecule has 0 saturated carbocycles. The first kappa shape index (κ1) is 18.4. The maximum atomic E-state index is 12.9. The number of carbonyl (C=O) groups excluding carboxylic acids is 1. The molecule has 6 heteroatoms. The van der Waals surface area contributed by atoms with Crippen LogP contribution in [0.15, 0.2) is 83.4 Å². The minimum absolute atomic E-state index is 0.274. The fraction of sp³-hybridized carbons (Fsp3) is 0.0870. The molecule has 0 aliphatic carbocycles. The zero-order valence-corrected chi connectivity index (χ0v) is 15.8. The van der Waals surface area contributed by atoms with E-state index in [9.17, 15) is 4.79 Å². The van der Waals surface area contributed by atoms with Crippen LogP contribution in [0.4, 0.5) is 5.69 Å². The molecule has 29 heavy (non-hydrogen) atoms. The lowest BCUT2D eigenvalue weighted by Crippen LogP contribution is -2.14. The van der Waals surface area contributed by atoms with E-state index in [0.717, 1.165) is 5.56 Å². The lowest BCUT2D eigenvalue weighted by Gasteiger charge is -2.12. The van der Waals surface area contributed by atoms with Crippen LogP contribution >= 0.6 is 0 Å². The highest BCUT2D eigenvalue weighted by Crippen LogP contribution is 2.29. The highest BCUT2D eigenvalue weighted by atomic mass is 16.5. The van der Waals surface area contributed by atoms with E-state index in [-0.39, 0.29) is 5.91 Å². The van der Waals surface area contributed by atoms with Crippen LogP contribution in [0.5, 0.6) is 5.75 Å². The van der Waals surface area contributed by atoms with E-state index in [1.54, 1.807) is 24.3 Å². The molecule has 1 aromatic heterocycles. The Morgan fingerprint density at radius 3 is 2.52 bits per heavy atom. The van der Waals surface area contributed by atoms with Crippen molar-refractivity contribution in [3.8, 4) is 28.6 Å². The van der Waals surface area contributed by atoms with Crippen molar-refractivity contribution >= 4 is 11.6 Å². The molecule has 1 N–H and O–H groups in total. The van der Waals surface area contributed by atoms with Gasteiger partial charge in [0.1, 0.15) is 5.75 Å². The number of nitrogens with zero attached hydrogens (tertiary/aromatic N) is 2. The quantitative estimate of drug-likeness (QED) is 0.502. The maximum absolute atomic E-state index is 12.9. The Hall–Kier alpha value is -3.93. The lowest BCUT2D eigenvalue weighted by atomic mass is 10.1. The average molecular weight is 385 g/mol. The summed E-state index contributed by atoms with van der Waals surface area (Å²) in [4.78, 5) is 17.3. The molecule has 0 atom stereocenters. The molecule has 6 nitrogen and oxygen atoms in total. The molecule has 1 heterocycles. The highest BCUT2D eigenvalue weighted by Gasteiger charge is 2.17. The van der Waals surface area contributed by atoms with Gasteiger partial charge in [-0.1, -0.05) is 59.8 Å². The Morgan fingerprint density at radius 1 is 0.966 bits per heavy atom. The van der Waals surface area contributed by atoms with Crippen LogP contribution in [0.3, 0.4) is 0 Å². The van der Waals surface area contributed by atoms with Gasteiger partial charge in [0.05, 0.1) is 23.4 Å². The zero-order valence-electron chi connectivity index (χ0n) is 15.8. The Balaban J connectivity index is 1.63. The first-order valence-electron chi connectivity index (χ1n) is 9.28. The molecule has 0 unspecified atom stereocenters. The van der Waals surface area contributed by atoms with Crippen LogP contribution in [0.1, 0.15) is 17.3 Å². The summed E-state index contributed by atoms with van der Waals surface area (Å²) in [5, 5.41) is 6.99.